The van der Waals surface area contributed by atoms with E-state index in [4.69, 9.17) is 11.6 Å². The Morgan fingerprint density at radius 2 is 1.83 bits per heavy atom. The molecule has 1 aromatic carbocycles. The molecule has 1 N–H and O–H groups in total. The third-order valence-corrected chi connectivity index (χ3v) is 4.13. The van der Waals surface area contributed by atoms with Gasteiger partial charge < -0.3 is 9.72 Å². The molecule has 124 valence electrons. The maximum atomic E-state index is 12.3. The Bertz CT molecular complexity index is 876. The zero-order valence-corrected chi connectivity index (χ0v) is 14.8. The van der Waals surface area contributed by atoms with Crippen molar-refractivity contribution in [2.75, 3.05) is 0 Å². The molecule has 0 saturated heterocycles. The molecule has 0 aliphatic rings. The minimum Gasteiger partial charge on any atom is -0.346 e. The predicted molar refractivity (Wildman–Crippen MR) is 96.5 cm³/mol. The van der Waals surface area contributed by atoms with Crippen LogP contribution in [0, 0.1) is 0 Å². The number of nitrogens with zero attached hydrogens (tertiary/aromatic N) is 2. The summed E-state index contributed by atoms with van der Waals surface area (Å²) in [6.45, 7) is 6.83. The molecule has 0 aliphatic heterocycles. The Hall–Kier alpha value is -2.33. The molecule has 0 fully saturated rings. The Morgan fingerprint density at radius 3 is 2.50 bits per heavy atom. The maximum absolute atomic E-state index is 12.3. The summed E-state index contributed by atoms with van der Waals surface area (Å²) >= 11 is 5.96. The number of rotatable bonds is 3. The summed E-state index contributed by atoms with van der Waals surface area (Å²) in [7, 11) is 0. The van der Waals surface area contributed by atoms with Gasteiger partial charge in [0, 0.05) is 18.0 Å². The molecule has 0 bridgehead atoms. The van der Waals surface area contributed by atoms with Crippen LogP contribution in [0.4, 0.5) is 0 Å². The van der Waals surface area contributed by atoms with Crippen molar-refractivity contribution in [2.24, 2.45) is 0 Å². The van der Waals surface area contributed by atoms with Gasteiger partial charge in [0.1, 0.15) is 5.65 Å². The zero-order chi connectivity index (χ0) is 17.3. The summed E-state index contributed by atoms with van der Waals surface area (Å²) < 4.78 is 1.85. The van der Waals surface area contributed by atoms with Crippen molar-refractivity contribution in [3.05, 3.63) is 70.6 Å². The highest BCUT2D eigenvalue weighted by atomic mass is 35.5. The molecule has 2 heterocycles. The van der Waals surface area contributed by atoms with Gasteiger partial charge in [-0.25, -0.2) is 4.98 Å². The number of pyridine rings is 1. The van der Waals surface area contributed by atoms with Crippen LogP contribution < -0.4 is 5.32 Å². The van der Waals surface area contributed by atoms with Gasteiger partial charge in [-0.15, -0.1) is 0 Å². The van der Waals surface area contributed by atoms with E-state index in [0.717, 1.165) is 11.3 Å². The average molecular weight is 342 g/mol. The molecule has 0 spiro atoms. The number of carbonyl (C=O) groups excluding carboxylic acids is 1. The number of imidazole rings is 1. The number of aromatic nitrogens is 2. The van der Waals surface area contributed by atoms with Crippen LogP contribution in [0.25, 0.3) is 5.65 Å². The number of nitrogens with one attached hydrogen (secondary N) is 1. The Balaban J connectivity index is 1.68. The van der Waals surface area contributed by atoms with E-state index in [9.17, 15) is 4.79 Å². The van der Waals surface area contributed by atoms with Crippen LogP contribution in [0.1, 0.15) is 42.4 Å². The molecular weight excluding hydrogens is 322 g/mol. The third-order valence-electron chi connectivity index (χ3n) is 3.91. The third kappa shape index (κ3) is 3.60. The molecule has 5 heteroatoms. The number of benzene rings is 1. The zero-order valence-electron chi connectivity index (χ0n) is 14.0. The van der Waals surface area contributed by atoms with Gasteiger partial charge in [-0.1, -0.05) is 44.5 Å². The number of halogens is 1. The average Bonchev–Trinajstić information content (AvgIpc) is 2.94. The molecule has 0 radical (unpaired) electrons. The van der Waals surface area contributed by atoms with Gasteiger partial charge in [0.25, 0.3) is 5.91 Å². The first kappa shape index (κ1) is 16.5. The summed E-state index contributed by atoms with van der Waals surface area (Å²) in [5.74, 6) is -0.106. The smallest absolute Gasteiger partial charge is 0.251 e. The molecule has 0 saturated carbocycles. The van der Waals surface area contributed by atoms with Crippen molar-refractivity contribution in [3.63, 3.8) is 0 Å². The van der Waals surface area contributed by atoms with E-state index in [1.54, 1.807) is 12.3 Å². The lowest BCUT2D eigenvalue weighted by molar-refractivity contribution is 0.0950. The quantitative estimate of drug-likeness (QED) is 0.775. The van der Waals surface area contributed by atoms with Crippen molar-refractivity contribution < 1.29 is 4.79 Å². The number of carbonyl (C=O) groups is 1. The monoisotopic (exact) mass is 341 g/mol. The molecule has 3 rings (SSSR count). The molecule has 2 aromatic heterocycles. The SMILES string of the molecule is CC(C)(C)c1ccc(C(=O)NCc2cn3cc(Cl)ccc3n2)cc1. The molecule has 4 nitrogen and oxygen atoms in total. The summed E-state index contributed by atoms with van der Waals surface area (Å²) in [6.07, 6.45) is 3.66. The van der Waals surface area contributed by atoms with Crippen LogP contribution in [-0.4, -0.2) is 15.3 Å². The molecule has 3 aromatic rings. The van der Waals surface area contributed by atoms with E-state index >= 15 is 0 Å². The first-order valence-electron chi connectivity index (χ1n) is 7.85. The normalized spacial score (nSPS) is 11.7. The van der Waals surface area contributed by atoms with Crippen LogP contribution in [0.2, 0.25) is 5.02 Å². The van der Waals surface area contributed by atoms with E-state index in [2.05, 4.69) is 31.1 Å². The van der Waals surface area contributed by atoms with Crippen LogP contribution in [-0.2, 0) is 12.0 Å². The van der Waals surface area contributed by atoms with Gasteiger partial charge in [0.15, 0.2) is 0 Å². The summed E-state index contributed by atoms with van der Waals surface area (Å²) in [4.78, 5) is 16.7. The Kier molecular flexibility index (Phi) is 4.33. The van der Waals surface area contributed by atoms with Crippen LogP contribution in [0.15, 0.2) is 48.8 Å². The largest absolute Gasteiger partial charge is 0.346 e. The van der Waals surface area contributed by atoms with Gasteiger partial charge in [0.05, 0.1) is 17.3 Å². The highest BCUT2D eigenvalue weighted by molar-refractivity contribution is 6.30. The van der Waals surface area contributed by atoms with E-state index in [1.807, 2.05) is 40.9 Å². The van der Waals surface area contributed by atoms with E-state index in [1.165, 1.54) is 5.56 Å². The van der Waals surface area contributed by atoms with Crippen molar-refractivity contribution in [1.29, 1.82) is 0 Å². The number of amides is 1. The fourth-order valence-electron chi connectivity index (χ4n) is 2.50. The molecule has 0 aliphatic carbocycles. The van der Waals surface area contributed by atoms with Crippen molar-refractivity contribution >= 4 is 23.2 Å². The van der Waals surface area contributed by atoms with E-state index in [-0.39, 0.29) is 11.3 Å². The van der Waals surface area contributed by atoms with Crippen LogP contribution in [0.3, 0.4) is 0 Å². The van der Waals surface area contributed by atoms with Gasteiger partial charge >= 0.3 is 0 Å². The second-order valence-electron chi connectivity index (χ2n) is 6.86. The van der Waals surface area contributed by atoms with E-state index in [0.29, 0.717) is 17.1 Å². The Morgan fingerprint density at radius 1 is 1.12 bits per heavy atom. The minimum atomic E-state index is -0.106. The second-order valence-corrected chi connectivity index (χ2v) is 7.29. The highest BCUT2D eigenvalue weighted by Gasteiger charge is 2.14. The first-order valence-corrected chi connectivity index (χ1v) is 8.22. The standard InChI is InChI=1S/C19H20ClN3O/c1-19(2,3)14-6-4-13(5-7-14)18(24)21-10-16-12-23-11-15(20)8-9-17(23)22-16/h4-9,11-12H,10H2,1-3H3,(H,21,24). The van der Waals surface area contributed by atoms with Crippen molar-refractivity contribution in [3.8, 4) is 0 Å². The fourth-order valence-corrected chi connectivity index (χ4v) is 2.67. The number of hydrogen-bond donors (Lipinski definition) is 1. The highest BCUT2D eigenvalue weighted by Crippen LogP contribution is 2.22. The summed E-state index contributed by atoms with van der Waals surface area (Å²) in [5.41, 5.74) is 3.52. The fraction of sp³-hybridized carbons (Fsp3) is 0.263. The molecule has 1 amide bonds. The maximum Gasteiger partial charge on any atom is 0.251 e. The van der Waals surface area contributed by atoms with E-state index < -0.39 is 0 Å². The number of hydrogen-bond acceptors (Lipinski definition) is 2. The topological polar surface area (TPSA) is 46.4 Å². The van der Waals surface area contributed by atoms with Gasteiger partial charge in [-0.3, -0.25) is 4.79 Å². The minimum absolute atomic E-state index is 0.0762. The molecule has 24 heavy (non-hydrogen) atoms. The lowest BCUT2D eigenvalue weighted by Crippen LogP contribution is -2.23. The molecular formula is C19H20ClN3O. The van der Waals surface area contributed by atoms with Gasteiger partial charge in [-0.05, 0) is 35.2 Å². The lowest BCUT2D eigenvalue weighted by Gasteiger charge is -2.19. The predicted octanol–water partition coefficient (Wildman–Crippen LogP) is 4.22. The van der Waals surface area contributed by atoms with Crippen molar-refractivity contribution in [1.82, 2.24) is 14.7 Å². The first-order chi connectivity index (χ1) is 11.3. The molecule has 0 unspecified atom stereocenters. The van der Waals surface area contributed by atoms with Crippen LogP contribution >= 0.6 is 11.6 Å². The lowest BCUT2D eigenvalue weighted by atomic mass is 9.87. The second kappa shape index (κ2) is 6.29. The van der Waals surface area contributed by atoms with Gasteiger partial charge in [0.2, 0.25) is 0 Å². The van der Waals surface area contributed by atoms with Crippen molar-refractivity contribution in [2.45, 2.75) is 32.7 Å². The van der Waals surface area contributed by atoms with Gasteiger partial charge in [-0.2, -0.15) is 0 Å². The van der Waals surface area contributed by atoms with Crippen LogP contribution in [0.5, 0.6) is 0 Å². The molecule has 0 atom stereocenters. The Labute approximate surface area is 146 Å². The summed E-state index contributed by atoms with van der Waals surface area (Å²) in [6, 6.07) is 11.4. The summed E-state index contributed by atoms with van der Waals surface area (Å²) in [5, 5.41) is 3.55. The number of fused-ring (bicyclic) bond motifs is 1.